The van der Waals surface area contributed by atoms with Gasteiger partial charge in [-0.05, 0) is 39.2 Å². The number of hydrogen-bond acceptors (Lipinski definition) is 3. The highest BCUT2D eigenvalue weighted by Gasteiger charge is 2.33. The summed E-state index contributed by atoms with van der Waals surface area (Å²) in [6, 6.07) is 6.09. The molecule has 1 aliphatic heterocycles. The van der Waals surface area contributed by atoms with Crippen LogP contribution >= 0.6 is 0 Å². The van der Waals surface area contributed by atoms with E-state index in [9.17, 15) is 5.11 Å². The minimum absolute atomic E-state index is 0.107. The largest absolute Gasteiger partial charge is 0.484 e. The average Bonchev–Trinajstić information content (AvgIpc) is 2.73. The maximum Gasteiger partial charge on any atom is 0.165 e. The van der Waals surface area contributed by atoms with E-state index in [2.05, 4.69) is 19.9 Å². The highest BCUT2D eigenvalue weighted by molar-refractivity contribution is 5.50. The van der Waals surface area contributed by atoms with Crippen LogP contribution in [0.25, 0.3) is 0 Å². The van der Waals surface area contributed by atoms with Crippen LogP contribution in [0.2, 0.25) is 0 Å². The van der Waals surface area contributed by atoms with E-state index >= 15 is 0 Å². The van der Waals surface area contributed by atoms with E-state index in [0.29, 0.717) is 0 Å². The molecule has 3 heteroatoms. The van der Waals surface area contributed by atoms with Crippen molar-refractivity contribution in [3.63, 3.8) is 0 Å². The molecular weight excluding hydrogens is 264 g/mol. The van der Waals surface area contributed by atoms with Crippen molar-refractivity contribution in [1.82, 2.24) is 0 Å². The van der Waals surface area contributed by atoms with Crippen molar-refractivity contribution in [1.29, 1.82) is 0 Å². The predicted molar refractivity (Wildman–Crippen MR) is 83.0 cm³/mol. The molecule has 1 heterocycles. The second-order valence-corrected chi connectivity index (χ2v) is 7.00. The first-order valence-corrected chi connectivity index (χ1v) is 8.21. The lowest BCUT2D eigenvalue weighted by atomic mass is 9.96. The van der Waals surface area contributed by atoms with Gasteiger partial charge in [0.15, 0.2) is 11.5 Å². The summed E-state index contributed by atoms with van der Waals surface area (Å²) in [5, 5.41) is 10.3. The lowest BCUT2D eigenvalue weighted by Gasteiger charge is -2.27. The quantitative estimate of drug-likeness (QED) is 0.899. The van der Waals surface area contributed by atoms with E-state index in [0.717, 1.165) is 43.6 Å². The number of benzene rings is 1. The number of aliphatic hydroxyl groups is 1. The van der Waals surface area contributed by atoms with Crippen molar-refractivity contribution in [2.45, 2.75) is 76.6 Å². The molecule has 1 aromatic carbocycles. The Bertz CT molecular complexity index is 495. The molecule has 1 saturated carbocycles. The van der Waals surface area contributed by atoms with Crippen LogP contribution < -0.4 is 9.47 Å². The third kappa shape index (κ3) is 3.34. The van der Waals surface area contributed by atoms with E-state index in [1.54, 1.807) is 0 Å². The van der Waals surface area contributed by atoms with E-state index in [-0.39, 0.29) is 17.8 Å². The molecule has 0 amide bonds. The average molecular weight is 290 g/mol. The summed E-state index contributed by atoms with van der Waals surface area (Å²) in [5.41, 5.74) is 1.04. The fraction of sp³-hybridized carbons (Fsp3) is 0.667. The molecule has 2 unspecified atom stereocenters. The van der Waals surface area contributed by atoms with Crippen LogP contribution in [0.15, 0.2) is 18.2 Å². The zero-order valence-corrected chi connectivity index (χ0v) is 13.1. The Morgan fingerprint density at radius 3 is 2.71 bits per heavy atom. The number of ether oxygens (including phenoxy) is 2. The Kier molecular flexibility index (Phi) is 4.12. The van der Waals surface area contributed by atoms with E-state index < -0.39 is 0 Å². The molecule has 3 nitrogen and oxygen atoms in total. The van der Waals surface area contributed by atoms with Crippen molar-refractivity contribution < 1.29 is 14.6 Å². The fourth-order valence-electron chi connectivity index (χ4n) is 3.41. The smallest absolute Gasteiger partial charge is 0.165 e. The van der Waals surface area contributed by atoms with Crippen LogP contribution in [-0.4, -0.2) is 22.9 Å². The Morgan fingerprint density at radius 1 is 1.14 bits per heavy atom. The van der Waals surface area contributed by atoms with Crippen molar-refractivity contribution in [3.05, 3.63) is 23.8 Å². The van der Waals surface area contributed by atoms with Crippen LogP contribution in [-0.2, 0) is 6.42 Å². The first-order valence-electron chi connectivity index (χ1n) is 8.21. The predicted octanol–water partition coefficient (Wildman–Crippen LogP) is 3.86. The van der Waals surface area contributed by atoms with Crippen LogP contribution in [0.5, 0.6) is 11.5 Å². The number of aliphatic hydroxyl groups excluding tert-OH is 1. The highest BCUT2D eigenvalue weighted by atomic mass is 16.5. The fourth-order valence-corrected chi connectivity index (χ4v) is 3.41. The molecular formula is C18H26O3. The van der Waals surface area contributed by atoms with Crippen LogP contribution in [0.1, 0.15) is 57.9 Å². The summed E-state index contributed by atoms with van der Waals surface area (Å²) in [6.45, 7) is 4.20. The van der Waals surface area contributed by atoms with Crippen molar-refractivity contribution >= 4 is 0 Å². The lowest BCUT2D eigenvalue weighted by Crippen LogP contribution is -2.33. The summed E-state index contributed by atoms with van der Waals surface area (Å²) in [6.07, 6.45) is 6.89. The normalized spacial score (nSPS) is 28.1. The van der Waals surface area contributed by atoms with Gasteiger partial charge in [0.05, 0.1) is 6.10 Å². The third-order valence-electron chi connectivity index (χ3n) is 4.50. The van der Waals surface area contributed by atoms with Crippen molar-refractivity contribution in [3.8, 4) is 11.5 Å². The summed E-state index contributed by atoms with van der Waals surface area (Å²) >= 11 is 0. The van der Waals surface area contributed by atoms with Gasteiger partial charge < -0.3 is 14.6 Å². The molecule has 21 heavy (non-hydrogen) atoms. The summed E-state index contributed by atoms with van der Waals surface area (Å²) < 4.78 is 12.2. The Labute approximate surface area is 127 Å². The molecule has 3 rings (SSSR count). The van der Waals surface area contributed by atoms with E-state index in [1.165, 1.54) is 18.4 Å². The molecule has 0 spiro atoms. The first kappa shape index (κ1) is 14.7. The van der Waals surface area contributed by atoms with Crippen LogP contribution in [0.3, 0.4) is 0 Å². The van der Waals surface area contributed by atoms with Crippen molar-refractivity contribution in [2.75, 3.05) is 0 Å². The first-order chi connectivity index (χ1) is 10.1. The molecule has 0 bridgehead atoms. The van der Waals surface area contributed by atoms with Gasteiger partial charge in [0.1, 0.15) is 11.7 Å². The second kappa shape index (κ2) is 5.88. The van der Waals surface area contributed by atoms with Crippen LogP contribution in [0.4, 0.5) is 0 Å². The van der Waals surface area contributed by atoms with E-state index in [4.69, 9.17) is 9.47 Å². The van der Waals surface area contributed by atoms with Gasteiger partial charge in [-0.1, -0.05) is 31.4 Å². The number of para-hydroxylation sites is 1. The highest BCUT2D eigenvalue weighted by Crippen LogP contribution is 2.42. The Hall–Kier alpha value is -1.22. The van der Waals surface area contributed by atoms with Gasteiger partial charge >= 0.3 is 0 Å². The van der Waals surface area contributed by atoms with Crippen LogP contribution in [0, 0.1) is 0 Å². The zero-order chi connectivity index (χ0) is 14.9. The molecule has 2 aliphatic rings. The van der Waals surface area contributed by atoms with Gasteiger partial charge in [-0.15, -0.1) is 0 Å². The number of fused-ring (bicyclic) bond motifs is 1. The molecule has 1 aliphatic carbocycles. The molecule has 2 atom stereocenters. The van der Waals surface area contributed by atoms with Gasteiger partial charge in [-0.25, -0.2) is 0 Å². The molecule has 0 aromatic heterocycles. The minimum Gasteiger partial charge on any atom is -0.484 e. The topological polar surface area (TPSA) is 38.7 Å². The van der Waals surface area contributed by atoms with Gasteiger partial charge in [-0.3, -0.25) is 0 Å². The molecule has 1 N–H and O–H groups in total. The summed E-state index contributed by atoms with van der Waals surface area (Å²) in [7, 11) is 0. The van der Waals surface area contributed by atoms with Crippen molar-refractivity contribution in [2.24, 2.45) is 0 Å². The van der Waals surface area contributed by atoms with E-state index in [1.807, 2.05) is 12.1 Å². The Morgan fingerprint density at radius 2 is 1.90 bits per heavy atom. The number of hydrogen-bond donors (Lipinski definition) is 1. The molecule has 1 fully saturated rings. The molecule has 1 aromatic rings. The summed E-state index contributed by atoms with van der Waals surface area (Å²) in [5.74, 6) is 1.67. The lowest BCUT2D eigenvalue weighted by molar-refractivity contribution is 0.0158. The SMILES string of the molecule is CC1(C)Cc2cccc(OC3CCCCCCC3O)c2O1. The maximum absolute atomic E-state index is 10.3. The second-order valence-electron chi connectivity index (χ2n) is 7.00. The van der Waals surface area contributed by atoms with Gasteiger partial charge in [-0.2, -0.15) is 0 Å². The monoisotopic (exact) mass is 290 g/mol. The Balaban J connectivity index is 1.77. The number of rotatable bonds is 2. The maximum atomic E-state index is 10.3. The molecule has 0 radical (unpaired) electrons. The minimum atomic E-state index is -0.365. The molecule has 0 saturated heterocycles. The zero-order valence-electron chi connectivity index (χ0n) is 13.1. The van der Waals surface area contributed by atoms with Gasteiger partial charge in [0.25, 0.3) is 0 Å². The molecule has 116 valence electrons. The standard InChI is InChI=1S/C18H26O3/c1-18(2)12-13-8-7-11-16(17(13)21-18)20-15-10-6-4-3-5-9-14(15)19/h7-8,11,14-15,19H,3-6,9-10,12H2,1-2H3. The van der Waals surface area contributed by atoms with Gasteiger partial charge in [0, 0.05) is 12.0 Å². The van der Waals surface area contributed by atoms with Gasteiger partial charge in [0.2, 0.25) is 0 Å². The third-order valence-corrected chi connectivity index (χ3v) is 4.50. The summed E-state index contributed by atoms with van der Waals surface area (Å²) in [4.78, 5) is 0.